The normalized spacial score (nSPS) is 27.1. The van der Waals surface area contributed by atoms with Gasteiger partial charge in [-0.05, 0) is 37.8 Å². The number of rotatable bonds is 6. The fourth-order valence-electron chi connectivity index (χ4n) is 4.99. The van der Waals surface area contributed by atoms with Crippen LogP contribution in [-0.4, -0.2) is 61.8 Å². The van der Waals surface area contributed by atoms with Crippen molar-refractivity contribution in [3.8, 4) is 6.07 Å². The molecule has 2 aromatic heterocycles. The largest absolute Gasteiger partial charge is 0.373 e. The number of alkyl halides is 2. The number of anilines is 2. The summed E-state index contributed by atoms with van der Waals surface area (Å²) in [6, 6.07) is 2.85. The summed E-state index contributed by atoms with van der Waals surface area (Å²) in [6.07, 6.45) is 9.05. The number of allylic oxidation sites excluding steroid dienone is 2. The standard InChI is InChI=1S/C24H28F2N8O2/c1-28-20-11-19(30-17-6-3-9-33(23(17)36)15-5-2-4-14(10-15)12-27)32-21-16(13-29-34(20)21)22(35)31-18-7-8-24(18,25)26/h3,6,9,11,13-15,18,23,28,36H,2,4-5,7-8,10H2,1H3,(H,30,32)(H,31,35)/t14-,15+,18+,23?/m1/s1. The molecule has 2 fully saturated rings. The maximum Gasteiger partial charge on any atom is 0.267 e. The number of aromatic nitrogens is 3. The number of fused-ring (bicyclic) bond motifs is 1. The highest BCUT2D eigenvalue weighted by Gasteiger charge is 2.49. The van der Waals surface area contributed by atoms with Crippen LogP contribution < -0.4 is 16.0 Å². The van der Waals surface area contributed by atoms with Crippen molar-refractivity contribution in [1.82, 2.24) is 24.8 Å². The highest BCUT2D eigenvalue weighted by molar-refractivity contribution is 6.00. The van der Waals surface area contributed by atoms with Crippen LogP contribution in [0.15, 0.2) is 36.3 Å². The highest BCUT2D eigenvalue weighted by Crippen LogP contribution is 2.38. The van der Waals surface area contributed by atoms with Gasteiger partial charge in [0, 0.05) is 37.7 Å². The molecule has 3 aliphatic rings. The lowest BCUT2D eigenvalue weighted by Crippen LogP contribution is -2.55. The number of nitrogens with zero attached hydrogens (tertiary/aromatic N) is 5. The van der Waals surface area contributed by atoms with Crippen LogP contribution in [-0.2, 0) is 0 Å². The van der Waals surface area contributed by atoms with Crippen molar-refractivity contribution in [2.24, 2.45) is 5.92 Å². The summed E-state index contributed by atoms with van der Waals surface area (Å²) in [6.45, 7) is 0. The van der Waals surface area contributed by atoms with Gasteiger partial charge in [0.15, 0.2) is 11.9 Å². The third-order valence-corrected chi connectivity index (χ3v) is 7.17. The van der Waals surface area contributed by atoms with E-state index in [4.69, 9.17) is 0 Å². The summed E-state index contributed by atoms with van der Waals surface area (Å²) in [4.78, 5) is 19.1. The van der Waals surface area contributed by atoms with Crippen molar-refractivity contribution < 1.29 is 18.7 Å². The van der Waals surface area contributed by atoms with E-state index in [1.165, 1.54) is 10.7 Å². The minimum Gasteiger partial charge on any atom is -0.373 e. The molecule has 2 aliphatic carbocycles. The molecule has 190 valence electrons. The first-order chi connectivity index (χ1) is 17.3. The molecule has 0 bridgehead atoms. The Bertz CT molecular complexity index is 1270. The van der Waals surface area contributed by atoms with Crippen LogP contribution in [0.25, 0.3) is 5.65 Å². The number of carbonyl (C=O) groups excluding carboxylic acids is 1. The predicted octanol–water partition coefficient (Wildman–Crippen LogP) is 2.82. The third-order valence-electron chi connectivity index (χ3n) is 7.17. The molecule has 3 heterocycles. The lowest BCUT2D eigenvalue weighted by atomic mass is 9.85. The summed E-state index contributed by atoms with van der Waals surface area (Å²) in [7, 11) is 1.68. The number of aliphatic hydroxyl groups excluding tert-OH is 1. The van der Waals surface area contributed by atoms with Gasteiger partial charge < -0.3 is 26.0 Å². The lowest BCUT2D eigenvalue weighted by Gasteiger charge is -2.40. The Morgan fingerprint density at radius 2 is 2.17 bits per heavy atom. The fourth-order valence-corrected chi connectivity index (χ4v) is 4.99. The average Bonchev–Trinajstić information content (AvgIpc) is 3.31. The second kappa shape index (κ2) is 9.39. The van der Waals surface area contributed by atoms with E-state index < -0.39 is 24.1 Å². The Kier molecular flexibility index (Phi) is 6.26. The van der Waals surface area contributed by atoms with Crippen LogP contribution in [0.1, 0.15) is 48.9 Å². The zero-order chi connectivity index (χ0) is 25.4. The van der Waals surface area contributed by atoms with Gasteiger partial charge in [-0.2, -0.15) is 14.9 Å². The van der Waals surface area contributed by atoms with Gasteiger partial charge in [0.2, 0.25) is 0 Å². The van der Waals surface area contributed by atoms with Crippen molar-refractivity contribution in [3.05, 3.63) is 41.9 Å². The first-order valence-corrected chi connectivity index (χ1v) is 12.1. The summed E-state index contributed by atoms with van der Waals surface area (Å²) in [5, 5.41) is 33.1. The van der Waals surface area contributed by atoms with E-state index in [2.05, 4.69) is 32.1 Å². The Balaban J connectivity index is 1.37. The molecule has 1 unspecified atom stereocenters. The van der Waals surface area contributed by atoms with E-state index in [0.717, 1.165) is 19.3 Å². The van der Waals surface area contributed by atoms with Crippen LogP contribution >= 0.6 is 0 Å². The summed E-state index contributed by atoms with van der Waals surface area (Å²) in [5.41, 5.74) is 0.740. The van der Waals surface area contributed by atoms with Crippen molar-refractivity contribution in [2.75, 3.05) is 17.7 Å². The smallest absolute Gasteiger partial charge is 0.267 e. The average molecular weight is 499 g/mol. The van der Waals surface area contributed by atoms with Crippen LogP contribution in [0.3, 0.4) is 0 Å². The zero-order valence-electron chi connectivity index (χ0n) is 19.8. The van der Waals surface area contributed by atoms with Crippen molar-refractivity contribution in [2.45, 2.75) is 62.8 Å². The van der Waals surface area contributed by atoms with Crippen LogP contribution in [0.5, 0.6) is 0 Å². The number of carbonyl (C=O) groups is 1. The van der Waals surface area contributed by atoms with Gasteiger partial charge in [-0.1, -0.05) is 6.42 Å². The molecular weight excluding hydrogens is 470 g/mol. The molecule has 0 aromatic carbocycles. The molecule has 1 aliphatic heterocycles. The lowest BCUT2D eigenvalue weighted by molar-refractivity contribution is -0.102. The second-order valence-corrected chi connectivity index (χ2v) is 9.45. The van der Waals surface area contributed by atoms with Gasteiger partial charge in [0.05, 0.1) is 24.0 Å². The van der Waals surface area contributed by atoms with Gasteiger partial charge in [0.25, 0.3) is 11.8 Å². The van der Waals surface area contributed by atoms with Crippen LogP contribution in [0.4, 0.5) is 20.4 Å². The zero-order valence-corrected chi connectivity index (χ0v) is 19.8. The molecule has 1 amide bonds. The number of hydrogen-bond acceptors (Lipinski definition) is 8. The molecule has 4 N–H and O–H groups in total. The Morgan fingerprint density at radius 1 is 1.33 bits per heavy atom. The van der Waals surface area contributed by atoms with Gasteiger partial charge in [-0.15, -0.1) is 0 Å². The Hall–Kier alpha value is -3.72. The molecule has 2 saturated carbocycles. The van der Waals surface area contributed by atoms with Gasteiger partial charge in [-0.25, -0.2) is 13.8 Å². The van der Waals surface area contributed by atoms with E-state index in [-0.39, 0.29) is 36.0 Å². The maximum atomic E-state index is 13.7. The number of amides is 1. The molecule has 4 atom stereocenters. The molecule has 0 saturated heterocycles. The number of halogens is 2. The molecule has 10 nitrogen and oxygen atoms in total. The van der Waals surface area contributed by atoms with Crippen LogP contribution in [0, 0.1) is 17.2 Å². The first kappa shape index (κ1) is 24.0. The van der Waals surface area contributed by atoms with Crippen molar-refractivity contribution in [3.63, 3.8) is 0 Å². The molecule has 12 heteroatoms. The SMILES string of the molecule is CNc1cc(NC2=CC=CN([C@H]3CCC[C@@H](C#N)C3)C2O)nc2c(C(=O)N[C@H]3CCC3(F)F)cnn12. The van der Waals surface area contributed by atoms with E-state index in [0.29, 0.717) is 23.8 Å². The van der Waals surface area contributed by atoms with Gasteiger partial charge >= 0.3 is 0 Å². The quantitative estimate of drug-likeness (QED) is 0.478. The van der Waals surface area contributed by atoms with Gasteiger partial charge in [0.1, 0.15) is 17.2 Å². The van der Waals surface area contributed by atoms with E-state index in [9.17, 15) is 23.9 Å². The topological polar surface area (TPSA) is 131 Å². The Labute approximate surface area is 206 Å². The minimum atomic E-state index is -2.91. The summed E-state index contributed by atoms with van der Waals surface area (Å²) >= 11 is 0. The number of nitrogens with one attached hydrogen (secondary N) is 3. The molecule has 5 rings (SSSR count). The van der Waals surface area contributed by atoms with Crippen molar-refractivity contribution in [1.29, 1.82) is 5.26 Å². The first-order valence-electron chi connectivity index (χ1n) is 12.1. The molecular formula is C24H28F2N8O2. The third kappa shape index (κ3) is 4.35. The summed E-state index contributed by atoms with van der Waals surface area (Å²) in [5.74, 6) is -2.76. The van der Waals surface area contributed by atoms with Gasteiger partial charge in [-0.3, -0.25) is 4.79 Å². The second-order valence-electron chi connectivity index (χ2n) is 9.45. The number of nitriles is 1. The van der Waals surface area contributed by atoms with E-state index in [1.54, 1.807) is 19.2 Å². The maximum absolute atomic E-state index is 13.7. The highest BCUT2D eigenvalue weighted by atomic mass is 19.3. The fraction of sp³-hybridized carbons (Fsp3) is 0.500. The molecule has 0 spiro atoms. The predicted molar refractivity (Wildman–Crippen MR) is 128 cm³/mol. The monoisotopic (exact) mass is 498 g/mol. The van der Waals surface area contributed by atoms with Crippen LogP contribution in [0.2, 0.25) is 0 Å². The van der Waals surface area contributed by atoms with E-state index >= 15 is 0 Å². The number of aliphatic hydroxyl groups is 1. The minimum absolute atomic E-state index is 0.0276. The number of hydrogen-bond donors (Lipinski definition) is 4. The van der Waals surface area contributed by atoms with Crippen molar-refractivity contribution >= 4 is 23.2 Å². The molecule has 36 heavy (non-hydrogen) atoms. The Morgan fingerprint density at radius 3 is 2.86 bits per heavy atom. The summed E-state index contributed by atoms with van der Waals surface area (Å²) < 4.78 is 28.8. The van der Waals surface area contributed by atoms with E-state index in [1.807, 2.05) is 17.2 Å². The molecule has 2 aromatic rings. The molecule has 0 radical (unpaired) electrons.